The zero-order chi connectivity index (χ0) is 18.3. The Morgan fingerprint density at radius 3 is 2.48 bits per heavy atom. The van der Waals surface area contributed by atoms with E-state index in [1.165, 1.54) is 4.90 Å². The third-order valence-electron chi connectivity index (χ3n) is 4.76. The first-order valence-corrected chi connectivity index (χ1v) is 10.2. The van der Waals surface area contributed by atoms with Gasteiger partial charge in [0.2, 0.25) is 0 Å². The van der Waals surface area contributed by atoms with Gasteiger partial charge in [-0.25, -0.2) is 0 Å². The minimum atomic E-state index is -0.501. The summed E-state index contributed by atoms with van der Waals surface area (Å²) in [4.78, 5) is 16.3. The first-order valence-electron chi connectivity index (χ1n) is 9.20. The van der Waals surface area contributed by atoms with Crippen molar-refractivity contribution in [3.8, 4) is 0 Å². The van der Waals surface area contributed by atoms with Crippen LogP contribution in [0.15, 0.2) is 29.2 Å². The van der Waals surface area contributed by atoms with Crippen LogP contribution in [0.25, 0.3) is 0 Å². The molecule has 1 N–H and O–H groups in total. The fraction of sp³-hybridized carbons (Fsp3) is 0.650. The average Bonchev–Trinajstić information content (AvgIpc) is 2.62. The Labute approximate surface area is 155 Å². The monoisotopic (exact) mass is 365 g/mol. The predicted molar refractivity (Wildman–Crippen MR) is 103 cm³/mol. The van der Waals surface area contributed by atoms with E-state index in [0.29, 0.717) is 13.2 Å². The number of morpholine rings is 1. The summed E-state index contributed by atoms with van der Waals surface area (Å²) < 4.78 is 5.39. The molecule has 1 saturated heterocycles. The first-order chi connectivity index (χ1) is 11.9. The molecule has 0 radical (unpaired) electrons. The number of aliphatic hydroxyl groups is 1. The number of rotatable bonds is 9. The lowest BCUT2D eigenvalue weighted by atomic mass is 9.91. The molecule has 4 nitrogen and oxygen atoms in total. The van der Waals surface area contributed by atoms with Crippen molar-refractivity contribution < 1.29 is 14.6 Å². The van der Waals surface area contributed by atoms with Crippen molar-refractivity contribution in [1.82, 2.24) is 4.90 Å². The molecule has 0 bridgehead atoms. The molecule has 1 aliphatic heterocycles. The van der Waals surface area contributed by atoms with Crippen LogP contribution in [0.1, 0.15) is 50.4 Å². The number of carbonyl (C=O) groups is 1. The molecule has 1 heterocycles. The SMILES string of the molecule is CC(O)CCCCSc1ccc(C(=O)C(C)(C)N2CCOCC2)cc1. The third-order valence-corrected chi connectivity index (χ3v) is 5.86. The molecule has 0 aliphatic carbocycles. The van der Waals surface area contributed by atoms with Gasteiger partial charge in [0, 0.05) is 23.5 Å². The van der Waals surface area contributed by atoms with Crippen LogP contribution in [-0.4, -0.2) is 59.5 Å². The second kappa shape index (κ2) is 9.72. The van der Waals surface area contributed by atoms with E-state index in [9.17, 15) is 9.90 Å². The summed E-state index contributed by atoms with van der Waals surface area (Å²) in [6.45, 7) is 8.85. The predicted octanol–water partition coefficient (Wildman–Crippen LogP) is 3.62. The van der Waals surface area contributed by atoms with Gasteiger partial charge >= 0.3 is 0 Å². The van der Waals surface area contributed by atoms with E-state index in [4.69, 9.17) is 4.74 Å². The van der Waals surface area contributed by atoms with Gasteiger partial charge in [0.1, 0.15) is 0 Å². The van der Waals surface area contributed by atoms with Crippen molar-refractivity contribution in [1.29, 1.82) is 0 Å². The van der Waals surface area contributed by atoms with Crippen LogP contribution < -0.4 is 0 Å². The number of carbonyl (C=O) groups excluding carboxylic acids is 1. The number of ketones is 1. The summed E-state index contributed by atoms with van der Waals surface area (Å²) in [5, 5.41) is 9.26. The van der Waals surface area contributed by atoms with Crippen LogP contribution in [0.3, 0.4) is 0 Å². The number of aliphatic hydroxyl groups excluding tert-OH is 1. The van der Waals surface area contributed by atoms with Gasteiger partial charge in [-0.2, -0.15) is 0 Å². The number of thioether (sulfide) groups is 1. The van der Waals surface area contributed by atoms with Crippen molar-refractivity contribution >= 4 is 17.5 Å². The standard InChI is InChI=1S/C20H31NO3S/c1-16(22)6-4-5-15-25-18-9-7-17(8-10-18)19(23)20(2,3)21-11-13-24-14-12-21/h7-10,16,22H,4-6,11-15H2,1-3H3. The smallest absolute Gasteiger partial charge is 0.182 e. The topological polar surface area (TPSA) is 49.8 Å². The number of ether oxygens (including phenoxy) is 1. The molecule has 1 aromatic carbocycles. The quantitative estimate of drug-likeness (QED) is 0.411. The summed E-state index contributed by atoms with van der Waals surface area (Å²) in [5.74, 6) is 1.21. The lowest BCUT2D eigenvalue weighted by molar-refractivity contribution is -0.00430. The number of benzene rings is 1. The van der Waals surface area contributed by atoms with Crippen LogP contribution in [0.4, 0.5) is 0 Å². The Morgan fingerprint density at radius 2 is 1.88 bits per heavy atom. The molecular weight excluding hydrogens is 334 g/mol. The molecule has 1 unspecified atom stereocenters. The highest BCUT2D eigenvalue weighted by molar-refractivity contribution is 7.99. The van der Waals surface area contributed by atoms with E-state index in [1.54, 1.807) is 0 Å². The maximum Gasteiger partial charge on any atom is 0.182 e. The lowest BCUT2D eigenvalue weighted by Crippen LogP contribution is -2.54. The number of unbranched alkanes of at least 4 members (excludes halogenated alkanes) is 1. The van der Waals surface area contributed by atoms with Gasteiger partial charge < -0.3 is 9.84 Å². The molecule has 0 saturated carbocycles. The maximum atomic E-state index is 12.9. The Bertz CT molecular complexity index is 536. The molecule has 25 heavy (non-hydrogen) atoms. The summed E-state index contributed by atoms with van der Waals surface area (Å²) in [6, 6.07) is 7.98. The summed E-state index contributed by atoms with van der Waals surface area (Å²) in [5.41, 5.74) is 0.273. The van der Waals surface area contributed by atoms with Crippen LogP contribution in [0, 0.1) is 0 Å². The van der Waals surface area contributed by atoms with Gasteiger partial charge in [0.05, 0.1) is 24.9 Å². The molecule has 1 fully saturated rings. The number of hydrogen-bond acceptors (Lipinski definition) is 5. The summed E-state index contributed by atoms with van der Waals surface area (Å²) in [7, 11) is 0. The molecule has 1 aliphatic rings. The highest BCUT2D eigenvalue weighted by atomic mass is 32.2. The number of nitrogens with zero attached hydrogens (tertiary/aromatic N) is 1. The van der Waals surface area contributed by atoms with E-state index in [2.05, 4.69) is 4.90 Å². The van der Waals surface area contributed by atoms with Crippen molar-refractivity contribution in [2.45, 2.75) is 56.6 Å². The Hall–Kier alpha value is -0.880. The summed E-state index contributed by atoms with van der Waals surface area (Å²) >= 11 is 1.81. The van der Waals surface area contributed by atoms with Gasteiger partial charge in [0.15, 0.2) is 5.78 Å². The summed E-state index contributed by atoms with van der Waals surface area (Å²) in [6.07, 6.45) is 2.81. The van der Waals surface area contributed by atoms with Crippen molar-refractivity contribution in [3.63, 3.8) is 0 Å². The minimum Gasteiger partial charge on any atom is -0.393 e. The molecular formula is C20H31NO3S. The van der Waals surface area contributed by atoms with Crippen molar-refractivity contribution in [2.24, 2.45) is 0 Å². The van der Waals surface area contributed by atoms with Gasteiger partial charge in [0.25, 0.3) is 0 Å². The fourth-order valence-corrected chi connectivity index (χ4v) is 3.97. The van der Waals surface area contributed by atoms with Gasteiger partial charge in [-0.1, -0.05) is 18.6 Å². The molecule has 5 heteroatoms. The van der Waals surface area contributed by atoms with E-state index in [0.717, 1.165) is 43.7 Å². The van der Waals surface area contributed by atoms with Crippen LogP contribution in [0.5, 0.6) is 0 Å². The van der Waals surface area contributed by atoms with Crippen LogP contribution in [0.2, 0.25) is 0 Å². The molecule has 1 aromatic rings. The van der Waals surface area contributed by atoms with E-state index >= 15 is 0 Å². The lowest BCUT2D eigenvalue weighted by Gasteiger charge is -2.39. The Kier molecular flexibility index (Phi) is 7.94. The third kappa shape index (κ3) is 6.10. The second-order valence-corrected chi connectivity index (χ2v) is 8.37. The largest absolute Gasteiger partial charge is 0.393 e. The Morgan fingerprint density at radius 1 is 1.24 bits per heavy atom. The van der Waals surface area contributed by atoms with Gasteiger partial charge in [-0.15, -0.1) is 11.8 Å². The normalized spacial score (nSPS) is 17.4. The van der Waals surface area contributed by atoms with Gasteiger partial charge in [-0.05, 0) is 51.5 Å². The maximum absolute atomic E-state index is 12.9. The highest BCUT2D eigenvalue weighted by Gasteiger charge is 2.35. The molecule has 0 aromatic heterocycles. The van der Waals surface area contributed by atoms with Crippen molar-refractivity contribution in [3.05, 3.63) is 29.8 Å². The second-order valence-electron chi connectivity index (χ2n) is 7.21. The van der Waals surface area contributed by atoms with Crippen LogP contribution >= 0.6 is 11.8 Å². The fourth-order valence-electron chi connectivity index (χ4n) is 3.05. The number of hydrogen-bond donors (Lipinski definition) is 1. The van der Waals surface area contributed by atoms with E-state index in [1.807, 2.05) is 56.8 Å². The molecule has 140 valence electrons. The highest BCUT2D eigenvalue weighted by Crippen LogP contribution is 2.25. The Balaban J connectivity index is 1.86. The van der Waals surface area contributed by atoms with Crippen molar-refractivity contribution in [2.75, 3.05) is 32.1 Å². The molecule has 2 rings (SSSR count). The van der Waals surface area contributed by atoms with Gasteiger partial charge in [-0.3, -0.25) is 9.69 Å². The minimum absolute atomic E-state index is 0.169. The zero-order valence-electron chi connectivity index (χ0n) is 15.7. The average molecular weight is 366 g/mol. The van der Waals surface area contributed by atoms with E-state index in [-0.39, 0.29) is 11.9 Å². The molecule has 0 spiro atoms. The van der Waals surface area contributed by atoms with Crippen LogP contribution in [-0.2, 0) is 4.74 Å². The zero-order valence-corrected chi connectivity index (χ0v) is 16.5. The molecule has 1 atom stereocenters. The first kappa shape index (κ1) is 20.4. The number of Topliss-reactive ketones (excluding diaryl/α,β-unsaturated/α-hetero) is 1. The van der Waals surface area contributed by atoms with E-state index < -0.39 is 5.54 Å². The molecule has 0 amide bonds.